The number of nitrogens with one attached hydrogen (secondary N) is 1. The second kappa shape index (κ2) is 13.1. The highest BCUT2D eigenvalue weighted by atomic mass is 19.1. The third-order valence-corrected chi connectivity index (χ3v) is 8.91. The van der Waals surface area contributed by atoms with Gasteiger partial charge < -0.3 is 19.5 Å². The summed E-state index contributed by atoms with van der Waals surface area (Å²) in [5, 5.41) is 3.06. The third kappa shape index (κ3) is 6.89. The number of esters is 1. The van der Waals surface area contributed by atoms with Crippen molar-refractivity contribution in [3.05, 3.63) is 41.2 Å². The Morgan fingerprint density at radius 3 is 2.77 bits per heavy atom. The topological polar surface area (TPSA) is 86.2 Å². The van der Waals surface area contributed by atoms with Crippen LogP contribution in [0.1, 0.15) is 75.3 Å². The zero-order valence-electron chi connectivity index (χ0n) is 22.9. The fraction of sp³-hybridized carbons (Fsp3) is 0.645. The number of fused-ring (bicyclic) bond motifs is 2. The minimum absolute atomic E-state index is 0.0111. The Hall–Kier alpha value is -2.74. The SMILES string of the molecule is COC(=O)C=Cc1ccc(F)cc1CC1C2CCC(O2)[C@@H]1C1=NC(C(=O)NCCCCC2CCCCC2)CO1. The summed E-state index contributed by atoms with van der Waals surface area (Å²) in [6.07, 6.45) is 15.7. The van der Waals surface area contributed by atoms with E-state index in [1.807, 2.05) is 0 Å². The van der Waals surface area contributed by atoms with Crippen LogP contribution in [0.3, 0.4) is 0 Å². The van der Waals surface area contributed by atoms with Crippen LogP contribution in [0.5, 0.6) is 0 Å². The number of ether oxygens (including phenoxy) is 3. The van der Waals surface area contributed by atoms with E-state index in [0.29, 0.717) is 18.9 Å². The summed E-state index contributed by atoms with van der Waals surface area (Å²) in [6, 6.07) is 4.04. The fourth-order valence-electron chi connectivity index (χ4n) is 6.84. The molecule has 1 aliphatic carbocycles. The summed E-state index contributed by atoms with van der Waals surface area (Å²) in [4.78, 5) is 29.2. The van der Waals surface area contributed by atoms with E-state index in [2.05, 4.69) is 5.32 Å². The van der Waals surface area contributed by atoms with E-state index in [-0.39, 0.29) is 42.4 Å². The molecule has 0 aromatic heterocycles. The van der Waals surface area contributed by atoms with Crippen molar-refractivity contribution in [2.24, 2.45) is 22.7 Å². The average Bonchev–Trinajstić information content (AvgIpc) is 3.70. The van der Waals surface area contributed by atoms with Crippen molar-refractivity contribution < 1.29 is 28.2 Å². The smallest absolute Gasteiger partial charge is 0.330 e. The Balaban J connectivity index is 1.18. The number of carbonyl (C=O) groups excluding carboxylic acids is 2. The van der Waals surface area contributed by atoms with Crippen LogP contribution in [0.25, 0.3) is 6.08 Å². The van der Waals surface area contributed by atoms with Crippen molar-refractivity contribution >= 4 is 23.9 Å². The molecule has 2 bridgehead atoms. The maximum atomic E-state index is 14.2. The van der Waals surface area contributed by atoms with Gasteiger partial charge in [-0.2, -0.15) is 0 Å². The molecular formula is C31H41FN2O5. The average molecular weight is 541 g/mol. The van der Waals surface area contributed by atoms with Gasteiger partial charge in [0, 0.05) is 18.5 Å². The molecule has 4 unspecified atom stereocenters. The van der Waals surface area contributed by atoms with Gasteiger partial charge in [0.05, 0.1) is 25.2 Å². The van der Waals surface area contributed by atoms with Crippen LogP contribution in [-0.2, 0) is 30.2 Å². The number of nitrogens with zero attached hydrogens (tertiary/aromatic N) is 1. The lowest BCUT2D eigenvalue weighted by atomic mass is 9.75. The van der Waals surface area contributed by atoms with Crippen molar-refractivity contribution in [3.8, 4) is 0 Å². The van der Waals surface area contributed by atoms with Gasteiger partial charge in [-0.25, -0.2) is 14.2 Å². The lowest BCUT2D eigenvalue weighted by Crippen LogP contribution is -2.35. The van der Waals surface area contributed by atoms with Crippen LogP contribution in [0.2, 0.25) is 0 Å². The van der Waals surface area contributed by atoms with Crippen LogP contribution in [0.4, 0.5) is 4.39 Å². The molecule has 3 aliphatic heterocycles. The number of unbranched alkanes of at least 4 members (excludes halogenated alkanes) is 1. The van der Waals surface area contributed by atoms with Crippen molar-refractivity contribution in [3.63, 3.8) is 0 Å². The van der Waals surface area contributed by atoms with E-state index in [9.17, 15) is 14.0 Å². The minimum atomic E-state index is -0.536. The van der Waals surface area contributed by atoms with Gasteiger partial charge in [-0.15, -0.1) is 0 Å². The highest BCUT2D eigenvalue weighted by Gasteiger charge is 2.53. The highest BCUT2D eigenvalue weighted by Crippen LogP contribution is 2.46. The number of halogens is 1. The number of hydrogen-bond donors (Lipinski definition) is 1. The molecule has 5 rings (SSSR count). The maximum Gasteiger partial charge on any atom is 0.330 e. The first-order valence-corrected chi connectivity index (χ1v) is 14.7. The molecule has 8 heteroatoms. The number of aliphatic imine (C=N–C) groups is 1. The molecule has 3 heterocycles. The molecule has 7 nitrogen and oxygen atoms in total. The summed E-state index contributed by atoms with van der Waals surface area (Å²) in [5.41, 5.74) is 1.56. The number of rotatable bonds is 11. The first kappa shape index (κ1) is 27.8. The molecule has 5 atom stereocenters. The first-order valence-electron chi connectivity index (χ1n) is 14.7. The van der Waals surface area contributed by atoms with Crippen molar-refractivity contribution in [2.45, 2.75) is 88.9 Å². The molecule has 1 N–H and O–H groups in total. The van der Waals surface area contributed by atoms with Gasteiger partial charge in [0.15, 0.2) is 11.9 Å². The maximum absolute atomic E-state index is 14.2. The minimum Gasteiger partial charge on any atom is -0.478 e. The fourth-order valence-corrected chi connectivity index (χ4v) is 6.84. The molecule has 1 aromatic carbocycles. The van der Waals surface area contributed by atoms with Crippen LogP contribution < -0.4 is 5.32 Å². The molecule has 212 valence electrons. The Labute approximate surface area is 230 Å². The van der Waals surface area contributed by atoms with Crippen molar-refractivity contribution in [1.82, 2.24) is 5.32 Å². The molecule has 39 heavy (non-hydrogen) atoms. The molecule has 0 spiro atoms. The summed E-state index contributed by atoms with van der Waals surface area (Å²) in [6.45, 7) is 0.922. The van der Waals surface area contributed by atoms with E-state index in [4.69, 9.17) is 19.2 Å². The van der Waals surface area contributed by atoms with Gasteiger partial charge in [-0.05, 0) is 60.9 Å². The second-order valence-electron chi connectivity index (χ2n) is 11.5. The zero-order chi connectivity index (χ0) is 27.2. The molecule has 2 saturated heterocycles. The summed E-state index contributed by atoms with van der Waals surface area (Å²) >= 11 is 0. The van der Waals surface area contributed by atoms with Crippen LogP contribution in [0.15, 0.2) is 29.3 Å². The van der Waals surface area contributed by atoms with Gasteiger partial charge in [0.25, 0.3) is 0 Å². The molecular weight excluding hydrogens is 499 g/mol. The lowest BCUT2D eigenvalue weighted by molar-refractivity contribution is -0.134. The Kier molecular flexibility index (Phi) is 9.32. The summed E-state index contributed by atoms with van der Waals surface area (Å²) < 4.78 is 31.2. The third-order valence-electron chi connectivity index (χ3n) is 8.91. The Morgan fingerprint density at radius 1 is 1.13 bits per heavy atom. The lowest BCUT2D eigenvalue weighted by Gasteiger charge is -2.28. The van der Waals surface area contributed by atoms with Crippen LogP contribution in [0, 0.1) is 23.6 Å². The Morgan fingerprint density at radius 2 is 1.95 bits per heavy atom. The highest BCUT2D eigenvalue weighted by molar-refractivity contribution is 5.90. The van der Waals surface area contributed by atoms with Crippen molar-refractivity contribution in [2.75, 3.05) is 20.3 Å². The predicted octanol–water partition coefficient (Wildman–Crippen LogP) is 5.01. The van der Waals surface area contributed by atoms with Gasteiger partial charge in [0.2, 0.25) is 5.91 Å². The van der Waals surface area contributed by atoms with Gasteiger partial charge in [0.1, 0.15) is 12.4 Å². The van der Waals surface area contributed by atoms with Crippen LogP contribution in [-0.4, -0.2) is 56.3 Å². The quantitative estimate of drug-likeness (QED) is 0.242. The normalized spacial score (nSPS) is 28.5. The van der Waals surface area contributed by atoms with E-state index in [0.717, 1.165) is 42.7 Å². The number of amides is 1. The predicted molar refractivity (Wildman–Crippen MR) is 147 cm³/mol. The van der Waals surface area contributed by atoms with Gasteiger partial charge in [-0.1, -0.05) is 51.0 Å². The van der Waals surface area contributed by atoms with Gasteiger partial charge >= 0.3 is 5.97 Å². The molecule has 0 radical (unpaired) electrons. The standard InChI is InChI=1S/C31H41FN2O5/c1-37-28(35)15-11-21-10-12-23(32)17-22(21)18-24-26-13-14-27(39-26)29(24)31-34-25(19-38-31)30(36)33-16-6-5-9-20-7-3-2-4-8-20/h10-12,15,17,20,24-27,29H,2-9,13-14,16,18-19H2,1H3,(H,33,36)/t24?,25?,26?,27?,29-/m1/s1. The molecule has 4 aliphatic rings. The first-order chi connectivity index (χ1) is 19.0. The summed E-state index contributed by atoms with van der Waals surface area (Å²) in [5.74, 6) is 0.568. The van der Waals surface area contributed by atoms with Crippen molar-refractivity contribution in [1.29, 1.82) is 0 Å². The second-order valence-corrected chi connectivity index (χ2v) is 11.5. The largest absolute Gasteiger partial charge is 0.478 e. The van der Waals surface area contributed by atoms with Crippen LogP contribution >= 0.6 is 0 Å². The molecule has 1 aromatic rings. The molecule has 1 amide bonds. The monoisotopic (exact) mass is 540 g/mol. The van der Waals surface area contributed by atoms with E-state index in [1.165, 1.54) is 63.8 Å². The molecule has 1 saturated carbocycles. The van der Waals surface area contributed by atoms with Gasteiger partial charge in [-0.3, -0.25) is 4.79 Å². The number of methoxy groups -OCH3 is 1. The number of benzene rings is 1. The summed E-state index contributed by atoms with van der Waals surface area (Å²) in [7, 11) is 1.32. The number of hydrogen-bond acceptors (Lipinski definition) is 6. The number of carbonyl (C=O) groups is 2. The zero-order valence-corrected chi connectivity index (χ0v) is 22.9. The van der Waals surface area contributed by atoms with E-state index >= 15 is 0 Å². The van der Waals surface area contributed by atoms with E-state index < -0.39 is 12.0 Å². The Bertz CT molecular complexity index is 1080. The van der Waals surface area contributed by atoms with E-state index in [1.54, 1.807) is 12.1 Å². The molecule has 3 fully saturated rings.